The SMILES string of the molecule is Cc1ccc(N2C(=O)NC(=O)/C(=C\c3c(OCc4ccc(Cl)c(Cl)c4)ccc4ccccc34)C2=O)c(C)c1. The Morgan fingerprint density at radius 3 is 2.45 bits per heavy atom. The molecule has 1 aliphatic heterocycles. The van der Waals surface area contributed by atoms with Crippen molar-refractivity contribution in [1.82, 2.24) is 5.32 Å². The number of hydrogen-bond acceptors (Lipinski definition) is 4. The molecule has 1 N–H and O–H groups in total. The summed E-state index contributed by atoms with van der Waals surface area (Å²) in [6, 6.07) is 21.0. The largest absolute Gasteiger partial charge is 0.488 e. The summed E-state index contributed by atoms with van der Waals surface area (Å²) in [5, 5.41) is 4.83. The van der Waals surface area contributed by atoms with Gasteiger partial charge in [0.1, 0.15) is 17.9 Å². The highest BCUT2D eigenvalue weighted by Gasteiger charge is 2.37. The molecule has 6 nitrogen and oxygen atoms in total. The van der Waals surface area contributed by atoms with E-state index >= 15 is 0 Å². The summed E-state index contributed by atoms with van der Waals surface area (Å²) in [5.74, 6) is -1.03. The van der Waals surface area contributed by atoms with Gasteiger partial charge in [-0.05, 0) is 66.1 Å². The molecule has 8 heteroatoms. The lowest BCUT2D eigenvalue weighted by molar-refractivity contribution is -0.122. The van der Waals surface area contributed by atoms with Crippen LogP contribution in [-0.2, 0) is 16.2 Å². The van der Waals surface area contributed by atoms with Crippen LogP contribution >= 0.6 is 23.2 Å². The number of rotatable bonds is 5. The second kappa shape index (κ2) is 10.3. The third-order valence-corrected chi connectivity index (χ3v) is 7.03. The number of benzene rings is 4. The molecule has 0 radical (unpaired) electrons. The molecule has 1 heterocycles. The first kappa shape index (κ1) is 25.5. The van der Waals surface area contributed by atoms with Crippen LogP contribution in [0.5, 0.6) is 5.75 Å². The van der Waals surface area contributed by atoms with Crippen LogP contribution in [0, 0.1) is 13.8 Å². The predicted molar refractivity (Wildman–Crippen MR) is 150 cm³/mol. The number of aryl methyl sites for hydroxylation is 2. The number of amides is 4. The van der Waals surface area contributed by atoms with Crippen molar-refractivity contribution in [2.45, 2.75) is 20.5 Å². The highest BCUT2D eigenvalue weighted by Crippen LogP contribution is 2.33. The predicted octanol–water partition coefficient (Wildman–Crippen LogP) is 7.01. The van der Waals surface area contributed by atoms with Crippen molar-refractivity contribution in [2.24, 2.45) is 0 Å². The normalized spacial score (nSPS) is 14.8. The molecule has 1 fully saturated rings. The van der Waals surface area contributed by atoms with Crippen LogP contribution in [-0.4, -0.2) is 17.8 Å². The number of imide groups is 2. The lowest BCUT2D eigenvalue weighted by Gasteiger charge is -2.28. The lowest BCUT2D eigenvalue weighted by Crippen LogP contribution is -2.54. The minimum atomic E-state index is -0.793. The van der Waals surface area contributed by atoms with Crippen LogP contribution in [0.4, 0.5) is 10.5 Å². The Kier molecular flexibility index (Phi) is 6.93. The van der Waals surface area contributed by atoms with Crippen molar-refractivity contribution in [1.29, 1.82) is 0 Å². The molecular formula is C30H22Cl2N2O4. The maximum absolute atomic E-state index is 13.6. The van der Waals surface area contributed by atoms with Gasteiger partial charge in [0.15, 0.2) is 0 Å². The summed E-state index contributed by atoms with van der Waals surface area (Å²) in [6.07, 6.45) is 1.48. The van der Waals surface area contributed by atoms with Gasteiger partial charge in [-0.25, -0.2) is 9.69 Å². The number of fused-ring (bicyclic) bond motifs is 1. The van der Waals surface area contributed by atoms with E-state index in [2.05, 4.69) is 5.32 Å². The number of anilines is 1. The summed E-state index contributed by atoms with van der Waals surface area (Å²) in [5.41, 5.74) is 3.28. The second-order valence-corrected chi connectivity index (χ2v) is 9.80. The molecule has 1 aliphatic rings. The van der Waals surface area contributed by atoms with Gasteiger partial charge in [-0.2, -0.15) is 0 Å². The summed E-state index contributed by atoms with van der Waals surface area (Å²) < 4.78 is 6.13. The first-order valence-electron chi connectivity index (χ1n) is 11.8. The second-order valence-electron chi connectivity index (χ2n) is 8.98. The number of barbiturate groups is 1. The van der Waals surface area contributed by atoms with Gasteiger partial charge in [0.2, 0.25) is 0 Å². The number of urea groups is 1. The molecular weight excluding hydrogens is 523 g/mol. The fourth-order valence-corrected chi connectivity index (χ4v) is 4.74. The number of hydrogen-bond donors (Lipinski definition) is 1. The van der Waals surface area contributed by atoms with Crippen molar-refractivity contribution in [2.75, 3.05) is 4.90 Å². The van der Waals surface area contributed by atoms with Crippen molar-refractivity contribution in [3.63, 3.8) is 0 Å². The Labute approximate surface area is 229 Å². The number of nitrogens with one attached hydrogen (secondary N) is 1. The van der Waals surface area contributed by atoms with E-state index in [1.54, 1.807) is 30.3 Å². The van der Waals surface area contributed by atoms with E-state index in [-0.39, 0.29) is 12.2 Å². The first-order chi connectivity index (χ1) is 18.2. The monoisotopic (exact) mass is 544 g/mol. The molecule has 0 atom stereocenters. The molecule has 0 aromatic heterocycles. The topological polar surface area (TPSA) is 75.7 Å². The quantitative estimate of drug-likeness (QED) is 0.216. The zero-order chi connectivity index (χ0) is 27.0. The molecule has 4 aromatic carbocycles. The Morgan fingerprint density at radius 2 is 1.68 bits per heavy atom. The lowest BCUT2D eigenvalue weighted by atomic mass is 9.99. The Morgan fingerprint density at radius 1 is 0.895 bits per heavy atom. The maximum atomic E-state index is 13.6. The van der Waals surface area contributed by atoms with E-state index in [0.29, 0.717) is 27.0 Å². The summed E-state index contributed by atoms with van der Waals surface area (Å²) in [6.45, 7) is 3.91. The minimum absolute atomic E-state index is 0.179. The van der Waals surface area contributed by atoms with Gasteiger partial charge in [-0.15, -0.1) is 0 Å². The van der Waals surface area contributed by atoms with E-state index in [0.717, 1.165) is 32.4 Å². The zero-order valence-electron chi connectivity index (χ0n) is 20.5. The van der Waals surface area contributed by atoms with E-state index in [4.69, 9.17) is 27.9 Å². The van der Waals surface area contributed by atoms with Gasteiger partial charge in [0.25, 0.3) is 11.8 Å². The molecule has 0 spiro atoms. The number of carbonyl (C=O) groups is 3. The van der Waals surface area contributed by atoms with Gasteiger partial charge < -0.3 is 4.74 Å². The number of halogens is 2. The molecule has 1 saturated heterocycles. The van der Waals surface area contributed by atoms with E-state index in [1.165, 1.54) is 6.08 Å². The van der Waals surface area contributed by atoms with Crippen LogP contribution in [0.3, 0.4) is 0 Å². The molecule has 38 heavy (non-hydrogen) atoms. The summed E-state index contributed by atoms with van der Waals surface area (Å²) in [4.78, 5) is 40.2. The van der Waals surface area contributed by atoms with Gasteiger partial charge in [0, 0.05) is 5.56 Å². The zero-order valence-corrected chi connectivity index (χ0v) is 22.1. The molecule has 0 unspecified atom stereocenters. The highest BCUT2D eigenvalue weighted by atomic mass is 35.5. The minimum Gasteiger partial charge on any atom is -0.488 e. The van der Waals surface area contributed by atoms with Crippen LogP contribution in [0.1, 0.15) is 22.3 Å². The number of carbonyl (C=O) groups excluding carboxylic acids is 3. The van der Waals surface area contributed by atoms with Crippen LogP contribution in [0.15, 0.2) is 78.4 Å². The standard InChI is InChI=1S/C30H22Cl2N2O4/c1-17-7-11-26(18(2)13-17)34-29(36)23(28(35)33-30(34)37)15-22-21-6-4-3-5-20(21)9-12-27(22)38-16-19-8-10-24(31)25(32)14-19/h3-15H,16H2,1-2H3,(H,33,35,37)/b23-15+. The fraction of sp³-hybridized carbons (Fsp3) is 0.100. The smallest absolute Gasteiger partial charge is 0.335 e. The average molecular weight is 545 g/mol. The summed E-state index contributed by atoms with van der Waals surface area (Å²) in [7, 11) is 0. The molecule has 0 bridgehead atoms. The van der Waals surface area contributed by atoms with E-state index in [1.807, 2.05) is 56.3 Å². The fourth-order valence-electron chi connectivity index (χ4n) is 4.42. The van der Waals surface area contributed by atoms with Crippen molar-refractivity contribution in [3.05, 3.63) is 111 Å². The van der Waals surface area contributed by atoms with Gasteiger partial charge >= 0.3 is 6.03 Å². The van der Waals surface area contributed by atoms with Gasteiger partial charge in [-0.3, -0.25) is 14.9 Å². The number of ether oxygens (including phenoxy) is 1. The van der Waals surface area contributed by atoms with Gasteiger partial charge in [0.05, 0.1) is 15.7 Å². The third-order valence-electron chi connectivity index (χ3n) is 6.29. The van der Waals surface area contributed by atoms with Crippen LogP contribution < -0.4 is 15.0 Å². The maximum Gasteiger partial charge on any atom is 0.335 e. The molecule has 5 rings (SSSR count). The Hall–Kier alpha value is -4.13. The van der Waals surface area contributed by atoms with Gasteiger partial charge in [-0.1, -0.05) is 77.3 Å². The van der Waals surface area contributed by atoms with Crippen LogP contribution in [0.2, 0.25) is 10.0 Å². The molecule has 190 valence electrons. The molecule has 0 saturated carbocycles. The van der Waals surface area contributed by atoms with Crippen molar-refractivity contribution >= 4 is 63.6 Å². The molecule has 4 amide bonds. The molecule has 4 aromatic rings. The van der Waals surface area contributed by atoms with Crippen LogP contribution in [0.25, 0.3) is 16.8 Å². The first-order valence-corrected chi connectivity index (χ1v) is 12.6. The third kappa shape index (κ3) is 4.88. The Bertz CT molecular complexity index is 1660. The average Bonchev–Trinajstić information content (AvgIpc) is 2.88. The highest BCUT2D eigenvalue weighted by molar-refractivity contribution is 6.42. The van der Waals surface area contributed by atoms with E-state index in [9.17, 15) is 14.4 Å². The van der Waals surface area contributed by atoms with E-state index < -0.39 is 17.8 Å². The van der Waals surface area contributed by atoms with Crippen molar-refractivity contribution < 1.29 is 19.1 Å². The number of nitrogens with zero attached hydrogens (tertiary/aromatic N) is 1. The Balaban J connectivity index is 1.58. The molecule has 0 aliphatic carbocycles. The summed E-state index contributed by atoms with van der Waals surface area (Å²) >= 11 is 12.2. The van der Waals surface area contributed by atoms with Crippen molar-refractivity contribution in [3.8, 4) is 5.75 Å².